The van der Waals surface area contributed by atoms with Crippen LogP contribution in [-0.2, 0) is 11.3 Å². The van der Waals surface area contributed by atoms with Crippen LogP contribution in [0.1, 0.15) is 32.3 Å². The number of nitrogen functional groups attached to an aromatic ring is 1. The Bertz CT molecular complexity index is 938. The number of halogens is 4. The van der Waals surface area contributed by atoms with Crippen LogP contribution in [0.15, 0.2) is 30.3 Å². The first-order chi connectivity index (χ1) is 14.2. The number of nitrogens with two attached hydrogens (primary N) is 1. The summed E-state index contributed by atoms with van der Waals surface area (Å²) in [6, 6.07) is 8.21. The summed E-state index contributed by atoms with van der Waals surface area (Å²) in [5.74, 6) is -0.0655. The van der Waals surface area contributed by atoms with Gasteiger partial charge in [0.05, 0.1) is 15.7 Å². The second kappa shape index (κ2) is 9.63. The lowest BCUT2D eigenvalue weighted by Gasteiger charge is -2.32. The van der Waals surface area contributed by atoms with Crippen LogP contribution in [-0.4, -0.2) is 29.9 Å². The molecule has 30 heavy (non-hydrogen) atoms. The van der Waals surface area contributed by atoms with Crippen LogP contribution in [0.5, 0.6) is 0 Å². The van der Waals surface area contributed by atoms with Gasteiger partial charge in [0.1, 0.15) is 5.82 Å². The van der Waals surface area contributed by atoms with Crippen molar-refractivity contribution < 1.29 is 9.18 Å². The maximum Gasteiger partial charge on any atom is 0.222 e. The van der Waals surface area contributed by atoms with Crippen molar-refractivity contribution in [3.63, 3.8) is 0 Å². The highest BCUT2D eigenvalue weighted by atomic mass is 35.5. The van der Waals surface area contributed by atoms with Gasteiger partial charge in [-0.15, -0.1) is 0 Å². The number of amides is 1. The molecular weight excluding hydrogens is 448 g/mol. The first-order valence-electron chi connectivity index (χ1n) is 9.88. The predicted octanol–water partition coefficient (Wildman–Crippen LogP) is 6.02. The number of rotatable bonds is 6. The van der Waals surface area contributed by atoms with E-state index in [0.29, 0.717) is 53.3 Å². The third kappa shape index (κ3) is 5.32. The zero-order chi connectivity index (χ0) is 22.0. The van der Waals surface area contributed by atoms with Crippen molar-refractivity contribution in [2.75, 3.05) is 23.7 Å². The molecule has 0 aliphatic carbocycles. The van der Waals surface area contributed by atoms with Crippen LogP contribution >= 0.6 is 34.8 Å². The fraction of sp³-hybridized carbons (Fsp3) is 0.409. The van der Waals surface area contributed by atoms with Crippen LogP contribution < -0.4 is 10.6 Å². The molecule has 0 spiro atoms. The van der Waals surface area contributed by atoms with Crippen molar-refractivity contribution in [1.82, 2.24) is 4.90 Å². The molecule has 0 bridgehead atoms. The lowest BCUT2D eigenvalue weighted by Crippen LogP contribution is -2.39. The van der Waals surface area contributed by atoms with Crippen LogP contribution in [0.3, 0.4) is 0 Å². The fourth-order valence-corrected chi connectivity index (χ4v) is 4.31. The third-order valence-electron chi connectivity index (χ3n) is 5.29. The highest BCUT2D eigenvalue weighted by molar-refractivity contribution is 6.35. The first-order valence-corrected chi connectivity index (χ1v) is 11.0. The lowest BCUT2D eigenvalue weighted by molar-refractivity contribution is -0.130. The molecule has 162 valence electrons. The molecule has 2 aromatic carbocycles. The standard InChI is InChI=1S/C22H25Cl3FN3O/c1-13(2)7-22(30)28-6-5-16(12-28)29(15-3-4-21(27)19(25)9-15)11-14-8-20(26)18(24)10-17(14)23/h3-4,8-10,13,16H,5-7,11-12,27H2,1-2H3/t16-/m0/s1. The number of carbonyl (C=O) groups excluding carboxylic acids is 1. The summed E-state index contributed by atoms with van der Waals surface area (Å²) >= 11 is 18.5. The molecule has 3 rings (SSSR count). The molecule has 1 heterocycles. The zero-order valence-electron chi connectivity index (χ0n) is 17.0. The van der Waals surface area contributed by atoms with Gasteiger partial charge in [-0.25, -0.2) is 4.39 Å². The van der Waals surface area contributed by atoms with Crippen LogP contribution in [0.4, 0.5) is 15.8 Å². The van der Waals surface area contributed by atoms with E-state index < -0.39 is 5.82 Å². The van der Waals surface area contributed by atoms with Gasteiger partial charge in [0.25, 0.3) is 0 Å². The van der Waals surface area contributed by atoms with Gasteiger partial charge in [-0.2, -0.15) is 0 Å². The summed E-state index contributed by atoms with van der Waals surface area (Å²) in [7, 11) is 0. The largest absolute Gasteiger partial charge is 0.398 e. The SMILES string of the molecule is CC(C)CC(=O)N1CC[C@H](N(Cc2cc(F)c(Cl)cc2Cl)c2ccc(N)c(Cl)c2)C1. The van der Waals surface area contributed by atoms with Gasteiger partial charge in [-0.3, -0.25) is 4.79 Å². The second-order valence-corrected chi connectivity index (χ2v) is 9.29. The average Bonchev–Trinajstić information content (AvgIpc) is 3.15. The van der Waals surface area contributed by atoms with Crippen molar-refractivity contribution in [3.8, 4) is 0 Å². The van der Waals surface area contributed by atoms with Crippen LogP contribution in [0.2, 0.25) is 15.1 Å². The summed E-state index contributed by atoms with van der Waals surface area (Å²) in [5, 5.41) is 0.812. The summed E-state index contributed by atoms with van der Waals surface area (Å²) in [6.45, 7) is 5.68. The van der Waals surface area contributed by atoms with Crippen LogP contribution in [0, 0.1) is 11.7 Å². The van der Waals surface area contributed by atoms with E-state index >= 15 is 0 Å². The normalized spacial score (nSPS) is 16.4. The van der Waals surface area contributed by atoms with E-state index in [0.717, 1.165) is 12.1 Å². The summed E-state index contributed by atoms with van der Waals surface area (Å²) in [6.07, 6.45) is 1.31. The van der Waals surface area contributed by atoms with E-state index in [1.54, 1.807) is 12.1 Å². The molecule has 1 aliphatic heterocycles. The molecule has 1 aliphatic rings. The molecule has 2 N–H and O–H groups in total. The molecule has 1 fully saturated rings. The van der Waals surface area contributed by atoms with Crippen molar-refractivity contribution >= 4 is 52.1 Å². The Morgan fingerprint density at radius 3 is 2.60 bits per heavy atom. The Labute approximate surface area is 191 Å². The number of carbonyl (C=O) groups is 1. The number of nitrogens with zero attached hydrogens (tertiary/aromatic N) is 2. The minimum Gasteiger partial charge on any atom is -0.398 e. The van der Waals surface area contributed by atoms with Gasteiger partial charge >= 0.3 is 0 Å². The Kier molecular flexibility index (Phi) is 7.38. The molecule has 2 aromatic rings. The maximum absolute atomic E-state index is 14.1. The van der Waals surface area contributed by atoms with E-state index in [2.05, 4.69) is 4.90 Å². The van der Waals surface area contributed by atoms with E-state index in [1.807, 2.05) is 24.8 Å². The van der Waals surface area contributed by atoms with Crippen molar-refractivity contribution in [2.24, 2.45) is 5.92 Å². The molecule has 0 radical (unpaired) electrons. The van der Waals surface area contributed by atoms with E-state index in [9.17, 15) is 9.18 Å². The fourth-order valence-electron chi connectivity index (χ4n) is 3.70. The summed E-state index contributed by atoms with van der Waals surface area (Å²) in [5.41, 5.74) is 7.80. The van der Waals surface area contributed by atoms with Gasteiger partial charge in [-0.05, 0) is 48.2 Å². The Balaban J connectivity index is 1.90. The van der Waals surface area contributed by atoms with Crippen molar-refractivity contribution in [1.29, 1.82) is 0 Å². The van der Waals surface area contributed by atoms with Gasteiger partial charge in [0.15, 0.2) is 0 Å². The molecule has 1 saturated heterocycles. The van der Waals surface area contributed by atoms with Crippen LogP contribution in [0.25, 0.3) is 0 Å². The van der Waals surface area contributed by atoms with Crippen molar-refractivity contribution in [3.05, 3.63) is 56.8 Å². The molecular formula is C22H25Cl3FN3O. The van der Waals surface area contributed by atoms with E-state index in [1.165, 1.54) is 12.1 Å². The monoisotopic (exact) mass is 471 g/mol. The summed E-state index contributed by atoms with van der Waals surface area (Å²) < 4.78 is 14.1. The Hall–Kier alpha value is -1.69. The topological polar surface area (TPSA) is 49.6 Å². The molecule has 0 aromatic heterocycles. The van der Waals surface area contributed by atoms with E-state index in [-0.39, 0.29) is 17.0 Å². The Morgan fingerprint density at radius 2 is 1.93 bits per heavy atom. The zero-order valence-corrected chi connectivity index (χ0v) is 19.2. The minimum atomic E-state index is -0.522. The van der Waals surface area contributed by atoms with Gasteiger partial charge in [-0.1, -0.05) is 48.7 Å². The second-order valence-electron chi connectivity index (χ2n) is 8.07. The lowest BCUT2D eigenvalue weighted by atomic mass is 10.1. The molecule has 4 nitrogen and oxygen atoms in total. The highest BCUT2D eigenvalue weighted by Crippen LogP contribution is 2.33. The third-order valence-corrected chi connectivity index (χ3v) is 6.25. The summed E-state index contributed by atoms with van der Waals surface area (Å²) in [4.78, 5) is 16.5. The predicted molar refractivity (Wildman–Crippen MR) is 123 cm³/mol. The number of hydrogen-bond acceptors (Lipinski definition) is 3. The van der Waals surface area contributed by atoms with Gasteiger partial charge in [0, 0.05) is 42.8 Å². The van der Waals surface area contributed by atoms with Gasteiger partial charge < -0.3 is 15.5 Å². The first kappa shape index (κ1) is 23.0. The number of anilines is 2. The molecule has 0 unspecified atom stereocenters. The minimum absolute atomic E-state index is 0.0165. The number of hydrogen-bond donors (Lipinski definition) is 1. The highest BCUT2D eigenvalue weighted by Gasteiger charge is 2.31. The van der Waals surface area contributed by atoms with Gasteiger partial charge in [0.2, 0.25) is 5.91 Å². The molecule has 1 atom stereocenters. The quantitative estimate of drug-likeness (QED) is 0.413. The number of benzene rings is 2. The van der Waals surface area contributed by atoms with Crippen molar-refractivity contribution in [2.45, 2.75) is 39.3 Å². The smallest absolute Gasteiger partial charge is 0.222 e. The Morgan fingerprint density at radius 1 is 1.20 bits per heavy atom. The maximum atomic E-state index is 14.1. The molecule has 1 amide bonds. The number of likely N-dealkylation sites (tertiary alicyclic amines) is 1. The molecule has 8 heteroatoms. The average molecular weight is 473 g/mol. The van der Waals surface area contributed by atoms with E-state index in [4.69, 9.17) is 40.5 Å². The molecule has 0 saturated carbocycles.